The van der Waals surface area contributed by atoms with E-state index >= 15 is 0 Å². The molecule has 2 unspecified atom stereocenters. The summed E-state index contributed by atoms with van der Waals surface area (Å²) in [5.41, 5.74) is 0. The first-order valence-electron chi connectivity index (χ1n) is 4.55. The maximum atomic E-state index is 13.0. The van der Waals surface area contributed by atoms with Crippen molar-refractivity contribution in [2.75, 3.05) is 19.6 Å². The van der Waals surface area contributed by atoms with Crippen molar-refractivity contribution in [3.63, 3.8) is 0 Å². The van der Waals surface area contributed by atoms with E-state index in [0.29, 0.717) is 26.1 Å². The summed E-state index contributed by atoms with van der Waals surface area (Å²) in [7, 11) is 0. The summed E-state index contributed by atoms with van der Waals surface area (Å²) in [5, 5.41) is 3.06. The van der Waals surface area contributed by atoms with Crippen LogP contribution in [0.2, 0.25) is 0 Å². The normalized spacial score (nSPS) is 25.9. The topological polar surface area (TPSA) is 15.3 Å². The number of halogens is 4. The molecule has 0 aromatic rings. The van der Waals surface area contributed by atoms with Gasteiger partial charge >= 0.3 is 0 Å². The third-order valence-electron chi connectivity index (χ3n) is 2.39. The lowest BCUT2D eigenvalue weighted by molar-refractivity contribution is -0.0744. The number of nitrogens with one attached hydrogen (secondary N) is 1. The van der Waals surface area contributed by atoms with Crippen LogP contribution >= 0.6 is 12.4 Å². The molecule has 0 bridgehead atoms. The molecular weight excluding hydrogens is 217 g/mol. The largest absolute Gasteiger partial charge is 0.314 e. The predicted octanol–water partition coefficient (Wildman–Crippen LogP) is 1.65. The molecule has 6 heteroatoms. The second kappa shape index (κ2) is 6.48. The first kappa shape index (κ1) is 14.0. The molecule has 1 saturated heterocycles. The molecule has 1 rings (SSSR count). The average molecular weight is 233 g/mol. The summed E-state index contributed by atoms with van der Waals surface area (Å²) < 4.78 is 37.2. The van der Waals surface area contributed by atoms with Gasteiger partial charge in [0.25, 0.3) is 6.43 Å². The Morgan fingerprint density at radius 2 is 2.07 bits per heavy atom. The molecule has 0 radical (unpaired) electrons. The van der Waals surface area contributed by atoms with Crippen molar-refractivity contribution < 1.29 is 13.2 Å². The second-order valence-electron chi connectivity index (χ2n) is 3.21. The van der Waals surface area contributed by atoms with Crippen molar-refractivity contribution in [2.24, 2.45) is 0 Å². The zero-order chi connectivity index (χ0) is 9.84. The van der Waals surface area contributed by atoms with E-state index in [1.165, 1.54) is 4.90 Å². The van der Waals surface area contributed by atoms with Crippen LogP contribution in [0.5, 0.6) is 0 Å². The molecule has 0 amide bonds. The summed E-state index contributed by atoms with van der Waals surface area (Å²) in [6, 6.07) is -0.0993. The maximum Gasteiger partial charge on any atom is 0.282 e. The molecule has 2 atom stereocenters. The van der Waals surface area contributed by atoms with E-state index in [2.05, 4.69) is 5.32 Å². The monoisotopic (exact) mass is 232 g/mol. The van der Waals surface area contributed by atoms with E-state index in [0.717, 1.165) is 0 Å². The van der Waals surface area contributed by atoms with Gasteiger partial charge in [-0.15, -0.1) is 12.4 Å². The molecule has 0 spiro atoms. The van der Waals surface area contributed by atoms with Gasteiger partial charge in [-0.05, 0) is 6.42 Å². The van der Waals surface area contributed by atoms with E-state index in [1.54, 1.807) is 0 Å². The van der Waals surface area contributed by atoms with Crippen LogP contribution in [-0.2, 0) is 0 Å². The highest BCUT2D eigenvalue weighted by Gasteiger charge is 2.33. The number of piperazine rings is 1. The Bertz CT molecular complexity index is 158. The van der Waals surface area contributed by atoms with Crippen molar-refractivity contribution in [1.29, 1.82) is 0 Å². The van der Waals surface area contributed by atoms with Gasteiger partial charge in [-0.3, -0.25) is 4.90 Å². The molecule has 0 aliphatic carbocycles. The Balaban J connectivity index is 0.00000169. The molecule has 0 aromatic heterocycles. The standard InChI is InChI=1S/C8H15F3N2.ClH/c1-2-6-5-12-3-4-13(6)8(11)7(9)10;/h6-8,12H,2-5H2,1H3;1H. The molecule has 1 aliphatic rings. The summed E-state index contributed by atoms with van der Waals surface area (Å²) in [5.74, 6) is 0. The first-order valence-corrected chi connectivity index (χ1v) is 4.55. The SMILES string of the molecule is CCC1CNCCN1C(F)C(F)F.Cl. The molecule has 1 aliphatic heterocycles. The fourth-order valence-electron chi connectivity index (χ4n) is 1.62. The van der Waals surface area contributed by atoms with Crippen molar-refractivity contribution >= 4 is 12.4 Å². The van der Waals surface area contributed by atoms with Gasteiger partial charge in [0.15, 0.2) is 0 Å². The zero-order valence-electron chi connectivity index (χ0n) is 8.05. The Morgan fingerprint density at radius 1 is 1.43 bits per heavy atom. The minimum atomic E-state index is -2.90. The number of nitrogens with zero attached hydrogens (tertiary/aromatic N) is 1. The zero-order valence-corrected chi connectivity index (χ0v) is 8.87. The lowest BCUT2D eigenvalue weighted by atomic mass is 10.1. The van der Waals surface area contributed by atoms with E-state index in [4.69, 9.17) is 0 Å². The molecule has 1 fully saturated rings. The predicted molar refractivity (Wildman–Crippen MR) is 51.8 cm³/mol. The molecule has 0 saturated carbocycles. The van der Waals surface area contributed by atoms with Crippen LogP contribution < -0.4 is 5.32 Å². The van der Waals surface area contributed by atoms with Gasteiger partial charge in [0, 0.05) is 25.7 Å². The molecule has 0 aromatic carbocycles. The molecule has 1 heterocycles. The molecule has 1 N–H and O–H groups in total. The van der Waals surface area contributed by atoms with Gasteiger partial charge < -0.3 is 5.32 Å². The Morgan fingerprint density at radius 3 is 2.57 bits per heavy atom. The molecular formula is C8H16ClF3N2. The summed E-state index contributed by atoms with van der Waals surface area (Å²) in [6.45, 7) is 3.43. The van der Waals surface area contributed by atoms with Gasteiger partial charge in [0.2, 0.25) is 6.30 Å². The van der Waals surface area contributed by atoms with Gasteiger partial charge in [0.05, 0.1) is 0 Å². The fraction of sp³-hybridized carbons (Fsp3) is 1.00. The highest BCUT2D eigenvalue weighted by Crippen LogP contribution is 2.17. The van der Waals surface area contributed by atoms with Crippen molar-refractivity contribution in [3.8, 4) is 0 Å². The molecule has 14 heavy (non-hydrogen) atoms. The number of rotatable bonds is 3. The van der Waals surface area contributed by atoms with Crippen molar-refractivity contribution in [1.82, 2.24) is 10.2 Å². The van der Waals surface area contributed by atoms with Crippen LogP contribution in [0, 0.1) is 0 Å². The fourth-order valence-corrected chi connectivity index (χ4v) is 1.62. The quantitative estimate of drug-likeness (QED) is 0.745. The third-order valence-corrected chi connectivity index (χ3v) is 2.39. The summed E-state index contributed by atoms with van der Waals surface area (Å²) in [6.07, 6.45) is -4.31. The van der Waals surface area contributed by atoms with Gasteiger partial charge in [-0.1, -0.05) is 6.92 Å². The number of hydrogen-bond donors (Lipinski definition) is 1. The lowest BCUT2D eigenvalue weighted by Gasteiger charge is -2.37. The minimum Gasteiger partial charge on any atom is -0.314 e. The van der Waals surface area contributed by atoms with Gasteiger partial charge in [-0.2, -0.15) is 0 Å². The summed E-state index contributed by atoms with van der Waals surface area (Å²) >= 11 is 0. The molecule has 2 nitrogen and oxygen atoms in total. The second-order valence-corrected chi connectivity index (χ2v) is 3.21. The van der Waals surface area contributed by atoms with Crippen molar-refractivity contribution in [2.45, 2.75) is 32.1 Å². The van der Waals surface area contributed by atoms with Crippen LogP contribution in [0.4, 0.5) is 13.2 Å². The van der Waals surface area contributed by atoms with Crippen LogP contribution in [0.15, 0.2) is 0 Å². The maximum absolute atomic E-state index is 13.0. The van der Waals surface area contributed by atoms with E-state index < -0.39 is 12.7 Å². The highest BCUT2D eigenvalue weighted by molar-refractivity contribution is 5.85. The van der Waals surface area contributed by atoms with Crippen LogP contribution in [0.25, 0.3) is 0 Å². The Kier molecular flexibility index (Phi) is 6.48. The minimum absolute atomic E-state index is 0. The van der Waals surface area contributed by atoms with E-state index in [-0.39, 0.29) is 18.4 Å². The Hall–Kier alpha value is -0.0000000000000000555. The first-order chi connectivity index (χ1) is 6.16. The van der Waals surface area contributed by atoms with Gasteiger partial charge in [0.1, 0.15) is 0 Å². The molecule has 86 valence electrons. The summed E-state index contributed by atoms with van der Waals surface area (Å²) in [4.78, 5) is 1.25. The lowest BCUT2D eigenvalue weighted by Crippen LogP contribution is -2.55. The smallest absolute Gasteiger partial charge is 0.282 e. The van der Waals surface area contributed by atoms with Crippen molar-refractivity contribution in [3.05, 3.63) is 0 Å². The number of alkyl halides is 3. The third kappa shape index (κ3) is 3.29. The van der Waals surface area contributed by atoms with Crippen LogP contribution in [0.1, 0.15) is 13.3 Å². The highest BCUT2D eigenvalue weighted by atomic mass is 35.5. The Labute approximate surface area is 88.2 Å². The van der Waals surface area contributed by atoms with Crippen LogP contribution in [0.3, 0.4) is 0 Å². The average Bonchev–Trinajstić information content (AvgIpc) is 2.16. The number of hydrogen-bond acceptors (Lipinski definition) is 2. The van der Waals surface area contributed by atoms with E-state index in [1.807, 2.05) is 6.92 Å². The van der Waals surface area contributed by atoms with Gasteiger partial charge in [-0.25, -0.2) is 13.2 Å². The van der Waals surface area contributed by atoms with Crippen LogP contribution in [-0.4, -0.2) is 43.3 Å². The van der Waals surface area contributed by atoms with E-state index in [9.17, 15) is 13.2 Å².